The van der Waals surface area contributed by atoms with Crippen molar-refractivity contribution in [1.82, 2.24) is 4.98 Å². The zero-order valence-corrected chi connectivity index (χ0v) is 13.4. The van der Waals surface area contributed by atoms with E-state index in [0.29, 0.717) is 23.4 Å². The molecule has 0 aliphatic heterocycles. The van der Waals surface area contributed by atoms with Gasteiger partial charge in [-0.2, -0.15) is 0 Å². The van der Waals surface area contributed by atoms with Crippen LogP contribution in [0.4, 0.5) is 4.39 Å². The van der Waals surface area contributed by atoms with Gasteiger partial charge in [-0.25, -0.2) is 14.2 Å². The number of nitrogens with zero attached hydrogens (tertiary/aromatic N) is 1. The van der Waals surface area contributed by atoms with Crippen LogP contribution in [0.1, 0.15) is 52.0 Å². The topological polar surface area (TPSA) is 63.3 Å². The van der Waals surface area contributed by atoms with Crippen molar-refractivity contribution in [1.29, 1.82) is 0 Å². The standard InChI is InChI=1S/C17H22FNO3/c1-5-16(3,6-2)10-14-19-12-9-11(7-8-13(12)22-14)17(4,18)15(20)21/h7-9H,5-6,10H2,1-4H3,(H,20,21). The molecular formula is C17H22FNO3. The van der Waals surface area contributed by atoms with Gasteiger partial charge in [-0.3, -0.25) is 0 Å². The summed E-state index contributed by atoms with van der Waals surface area (Å²) in [6.07, 6.45) is 2.72. The van der Waals surface area contributed by atoms with E-state index in [0.717, 1.165) is 19.8 Å². The molecule has 1 N–H and O–H groups in total. The van der Waals surface area contributed by atoms with Crippen LogP contribution < -0.4 is 0 Å². The summed E-state index contributed by atoms with van der Waals surface area (Å²) in [4.78, 5) is 15.4. The van der Waals surface area contributed by atoms with Gasteiger partial charge in [0.15, 0.2) is 11.5 Å². The van der Waals surface area contributed by atoms with E-state index in [2.05, 4.69) is 25.8 Å². The fraction of sp³-hybridized carbons (Fsp3) is 0.529. The zero-order chi connectivity index (χ0) is 16.5. The molecular weight excluding hydrogens is 285 g/mol. The molecule has 0 radical (unpaired) electrons. The van der Waals surface area contributed by atoms with Gasteiger partial charge in [-0.1, -0.05) is 39.7 Å². The number of halogens is 1. The van der Waals surface area contributed by atoms with Crippen molar-refractivity contribution in [2.45, 2.75) is 52.6 Å². The lowest BCUT2D eigenvalue weighted by Gasteiger charge is -2.24. The van der Waals surface area contributed by atoms with Crippen molar-refractivity contribution in [3.05, 3.63) is 29.7 Å². The molecule has 1 unspecified atom stereocenters. The summed E-state index contributed by atoms with van der Waals surface area (Å²) in [6.45, 7) is 7.47. The van der Waals surface area contributed by atoms with Crippen LogP contribution in [0.2, 0.25) is 0 Å². The number of rotatable bonds is 6. The highest BCUT2D eigenvalue weighted by Gasteiger charge is 2.35. The van der Waals surface area contributed by atoms with Crippen LogP contribution in [-0.4, -0.2) is 16.1 Å². The molecule has 0 bridgehead atoms. The largest absolute Gasteiger partial charge is 0.479 e. The molecule has 0 amide bonds. The van der Waals surface area contributed by atoms with Gasteiger partial charge in [0.25, 0.3) is 0 Å². The Morgan fingerprint density at radius 2 is 1.95 bits per heavy atom. The van der Waals surface area contributed by atoms with Gasteiger partial charge >= 0.3 is 5.97 Å². The molecule has 1 aromatic heterocycles. The Hall–Kier alpha value is -1.91. The number of aliphatic carboxylic acids is 1. The number of aromatic nitrogens is 1. The second-order valence-corrected chi connectivity index (χ2v) is 6.29. The quantitative estimate of drug-likeness (QED) is 0.855. The molecule has 1 aromatic carbocycles. The maximum absolute atomic E-state index is 14.2. The zero-order valence-electron chi connectivity index (χ0n) is 13.4. The highest BCUT2D eigenvalue weighted by Crippen LogP contribution is 2.32. The lowest BCUT2D eigenvalue weighted by atomic mass is 9.81. The number of oxazole rings is 1. The summed E-state index contributed by atoms with van der Waals surface area (Å²) >= 11 is 0. The van der Waals surface area contributed by atoms with E-state index >= 15 is 0 Å². The predicted octanol–water partition coefficient (Wildman–Crippen LogP) is 4.47. The van der Waals surface area contributed by atoms with Crippen LogP contribution >= 0.6 is 0 Å². The Bertz CT molecular complexity index is 686. The van der Waals surface area contributed by atoms with E-state index in [-0.39, 0.29) is 11.0 Å². The van der Waals surface area contributed by atoms with Gasteiger partial charge in [0.05, 0.1) is 0 Å². The molecule has 0 saturated carbocycles. The molecule has 1 atom stereocenters. The molecule has 22 heavy (non-hydrogen) atoms. The molecule has 2 rings (SSSR count). The van der Waals surface area contributed by atoms with Crippen LogP contribution in [0.15, 0.2) is 22.6 Å². The Morgan fingerprint density at radius 3 is 2.50 bits per heavy atom. The normalized spacial score (nSPS) is 15.0. The second-order valence-electron chi connectivity index (χ2n) is 6.29. The number of fused-ring (bicyclic) bond motifs is 1. The average molecular weight is 307 g/mol. The minimum absolute atomic E-state index is 0.0705. The third kappa shape index (κ3) is 2.98. The highest BCUT2D eigenvalue weighted by atomic mass is 19.1. The van der Waals surface area contributed by atoms with Crippen molar-refractivity contribution in [3.63, 3.8) is 0 Å². The lowest BCUT2D eigenvalue weighted by Crippen LogP contribution is -2.26. The monoisotopic (exact) mass is 307 g/mol. The summed E-state index contributed by atoms with van der Waals surface area (Å²) in [5, 5.41) is 8.97. The SMILES string of the molecule is CCC(C)(CC)Cc1nc2cc(C(C)(F)C(=O)O)ccc2o1. The first kappa shape index (κ1) is 16.5. The Balaban J connectivity index is 2.38. The van der Waals surface area contributed by atoms with Gasteiger partial charge in [-0.15, -0.1) is 0 Å². The van der Waals surface area contributed by atoms with Crippen LogP contribution in [0, 0.1) is 5.41 Å². The fourth-order valence-corrected chi connectivity index (χ4v) is 2.33. The number of carbonyl (C=O) groups is 1. The average Bonchev–Trinajstić information content (AvgIpc) is 2.87. The van der Waals surface area contributed by atoms with Crippen molar-refractivity contribution in [2.24, 2.45) is 5.41 Å². The summed E-state index contributed by atoms with van der Waals surface area (Å²) in [6, 6.07) is 4.47. The smallest absolute Gasteiger partial charge is 0.345 e. The molecule has 120 valence electrons. The highest BCUT2D eigenvalue weighted by molar-refractivity contribution is 5.82. The van der Waals surface area contributed by atoms with E-state index in [1.54, 1.807) is 6.07 Å². The maximum atomic E-state index is 14.2. The lowest BCUT2D eigenvalue weighted by molar-refractivity contribution is -0.150. The number of carboxylic acids is 1. The molecule has 0 spiro atoms. The fourth-order valence-electron chi connectivity index (χ4n) is 2.33. The van der Waals surface area contributed by atoms with E-state index in [1.807, 2.05) is 0 Å². The third-order valence-electron chi connectivity index (χ3n) is 4.66. The minimum atomic E-state index is -2.44. The van der Waals surface area contributed by atoms with Crippen LogP contribution in [0.5, 0.6) is 0 Å². The third-order valence-corrected chi connectivity index (χ3v) is 4.66. The molecule has 5 heteroatoms. The summed E-state index contributed by atoms with van der Waals surface area (Å²) in [5.74, 6) is -0.908. The van der Waals surface area contributed by atoms with Crippen molar-refractivity contribution in [3.8, 4) is 0 Å². The van der Waals surface area contributed by atoms with E-state index in [1.165, 1.54) is 12.1 Å². The molecule has 0 fully saturated rings. The minimum Gasteiger partial charge on any atom is -0.479 e. The Labute approximate surface area is 129 Å². The van der Waals surface area contributed by atoms with Crippen molar-refractivity contribution < 1.29 is 18.7 Å². The van der Waals surface area contributed by atoms with Crippen LogP contribution in [0.25, 0.3) is 11.1 Å². The van der Waals surface area contributed by atoms with Crippen LogP contribution in [-0.2, 0) is 16.9 Å². The molecule has 2 aromatic rings. The van der Waals surface area contributed by atoms with Gasteiger partial charge in [0.1, 0.15) is 5.52 Å². The van der Waals surface area contributed by atoms with E-state index in [4.69, 9.17) is 9.52 Å². The number of hydrogen-bond donors (Lipinski definition) is 1. The second kappa shape index (κ2) is 5.71. The molecule has 4 nitrogen and oxygen atoms in total. The van der Waals surface area contributed by atoms with E-state index < -0.39 is 11.6 Å². The number of benzene rings is 1. The summed E-state index contributed by atoms with van der Waals surface area (Å²) in [5.41, 5.74) is -1.21. The van der Waals surface area contributed by atoms with Crippen LogP contribution in [0.3, 0.4) is 0 Å². The van der Waals surface area contributed by atoms with Gasteiger partial charge < -0.3 is 9.52 Å². The number of carboxylic acid groups (broad SMARTS) is 1. The van der Waals surface area contributed by atoms with Gasteiger partial charge in [0.2, 0.25) is 5.67 Å². The number of hydrogen-bond acceptors (Lipinski definition) is 3. The molecule has 0 aliphatic carbocycles. The number of alkyl halides is 1. The first-order valence-electron chi connectivity index (χ1n) is 7.54. The first-order chi connectivity index (χ1) is 10.2. The predicted molar refractivity (Wildman–Crippen MR) is 82.5 cm³/mol. The first-order valence-corrected chi connectivity index (χ1v) is 7.54. The molecule has 1 heterocycles. The Morgan fingerprint density at radius 1 is 1.32 bits per heavy atom. The van der Waals surface area contributed by atoms with Crippen molar-refractivity contribution in [2.75, 3.05) is 0 Å². The Kier molecular flexibility index (Phi) is 4.27. The van der Waals surface area contributed by atoms with E-state index in [9.17, 15) is 9.18 Å². The summed E-state index contributed by atoms with van der Waals surface area (Å²) in [7, 11) is 0. The van der Waals surface area contributed by atoms with Gasteiger partial charge in [-0.05, 0) is 24.5 Å². The molecule has 0 saturated heterocycles. The summed E-state index contributed by atoms with van der Waals surface area (Å²) < 4.78 is 19.9. The maximum Gasteiger partial charge on any atom is 0.345 e. The van der Waals surface area contributed by atoms with Crippen molar-refractivity contribution >= 4 is 17.1 Å². The molecule has 0 aliphatic rings. The van der Waals surface area contributed by atoms with Gasteiger partial charge in [0, 0.05) is 12.0 Å².